The predicted molar refractivity (Wildman–Crippen MR) is 85.9 cm³/mol. The van der Waals surface area contributed by atoms with Crippen molar-refractivity contribution in [2.75, 3.05) is 6.61 Å². The fourth-order valence-corrected chi connectivity index (χ4v) is 2.08. The molecule has 1 unspecified atom stereocenters. The van der Waals surface area contributed by atoms with E-state index < -0.39 is 0 Å². The number of aliphatic hydroxyl groups is 1. The van der Waals surface area contributed by atoms with Crippen LogP contribution in [0, 0.1) is 0 Å². The van der Waals surface area contributed by atoms with Gasteiger partial charge in [0, 0.05) is 5.02 Å². The van der Waals surface area contributed by atoms with E-state index in [2.05, 4.69) is 5.32 Å². The van der Waals surface area contributed by atoms with Gasteiger partial charge in [-0.15, -0.1) is 0 Å². The van der Waals surface area contributed by atoms with Gasteiger partial charge in [-0.2, -0.15) is 0 Å². The number of halogens is 1. The van der Waals surface area contributed by atoms with E-state index in [1.54, 1.807) is 36.4 Å². The number of aliphatic hydroxyl groups excluding tert-OH is 1. The SMILES string of the molecule is CC(NC(=O)COc1ccc(CO)cc1)c1ccc(Cl)cc1. The molecule has 0 fully saturated rings. The first-order chi connectivity index (χ1) is 10.6. The Bertz CT molecular complexity index is 611. The third-order valence-electron chi connectivity index (χ3n) is 3.22. The van der Waals surface area contributed by atoms with Crippen LogP contribution in [0.5, 0.6) is 5.75 Å². The maximum absolute atomic E-state index is 11.9. The third kappa shape index (κ3) is 4.76. The van der Waals surface area contributed by atoms with E-state index >= 15 is 0 Å². The third-order valence-corrected chi connectivity index (χ3v) is 3.48. The van der Waals surface area contributed by atoms with Crippen LogP contribution >= 0.6 is 11.6 Å². The Balaban J connectivity index is 1.83. The van der Waals surface area contributed by atoms with Crippen molar-refractivity contribution in [2.45, 2.75) is 19.6 Å². The number of hydrogen-bond acceptors (Lipinski definition) is 3. The van der Waals surface area contributed by atoms with Gasteiger partial charge in [0.2, 0.25) is 0 Å². The molecule has 116 valence electrons. The molecule has 0 bridgehead atoms. The summed E-state index contributed by atoms with van der Waals surface area (Å²) in [6.45, 7) is 1.83. The van der Waals surface area contributed by atoms with Crippen LogP contribution in [-0.2, 0) is 11.4 Å². The molecular formula is C17H18ClNO3. The van der Waals surface area contributed by atoms with E-state index in [4.69, 9.17) is 21.4 Å². The van der Waals surface area contributed by atoms with Gasteiger partial charge < -0.3 is 15.2 Å². The molecule has 4 nitrogen and oxygen atoms in total. The van der Waals surface area contributed by atoms with Crippen LogP contribution in [0.15, 0.2) is 48.5 Å². The molecule has 0 heterocycles. The number of nitrogens with one attached hydrogen (secondary N) is 1. The highest BCUT2D eigenvalue weighted by Gasteiger charge is 2.10. The highest BCUT2D eigenvalue weighted by Crippen LogP contribution is 2.16. The standard InChI is InChI=1S/C17H18ClNO3/c1-12(14-4-6-15(18)7-5-14)19-17(21)11-22-16-8-2-13(10-20)3-9-16/h2-9,12,20H,10-11H2,1H3,(H,19,21). The van der Waals surface area contributed by atoms with Gasteiger partial charge in [-0.25, -0.2) is 0 Å². The number of carbonyl (C=O) groups excluding carboxylic acids is 1. The summed E-state index contributed by atoms with van der Waals surface area (Å²) in [4.78, 5) is 11.9. The first-order valence-corrected chi connectivity index (χ1v) is 7.33. The van der Waals surface area contributed by atoms with Gasteiger partial charge >= 0.3 is 0 Å². The van der Waals surface area contributed by atoms with E-state index in [1.165, 1.54) is 0 Å². The van der Waals surface area contributed by atoms with Gasteiger partial charge in [0.15, 0.2) is 6.61 Å². The average Bonchev–Trinajstić information content (AvgIpc) is 2.54. The van der Waals surface area contributed by atoms with Crippen LogP contribution in [0.3, 0.4) is 0 Å². The Hall–Kier alpha value is -2.04. The molecule has 0 aromatic heterocycles. The van der Waals surface area contributed by atoms with Crippen molar-refractivity contribution in [1.82, 2.24) is 5.32 Å². The molecule has 2 N–H and O–H groups in total. The fraction of sp³-hybridized carbons (Fsp3) is 0.235. The van der Waals surface area contributed by atoms with Crippen molar-refractivity contribution in [2.24, 2.45) is 0 Å². The van der Waals surface area contributed by atoms with Gasteiger partial charge in [0.1, 0.15) is 5.75 Å². The molecule has 1 amide bonds. The molecule has 0 aliphatic rings. The maximum atomic E-state index is 11.9. The summed E-state index contributed by atoms with van der Waals surface area (Å²) in [5, 5.41) is 12.5. The van der Waals surface area contributed by atoms with E-state index in [9.17, 15) is 4.79 Å². The highest BCUT2D eigenvalue weighted by atomic mass is 35.5. The zero-order valence-corrected chi connectivity index (χ0v) is 13.0. The van der Waals surface area contributed by atoms with Crippen LogP contribution in [0.25, 0.3) is 0 Å². The second-order valence-corrected chi connectivity index (χ2v) is 5.37. The van der Waals surface area contributed by atoms with Crippen LogP contribution in [0.1, 0.15) is 24.1 Å². The first kappa shape index (κ1) is 16.3. The summed E-state index contributed by atoms with van der Waals surface area (Å²) in [7, 11) is 0. The minimum Gasteiger partial charge on any atom is -0.484 e. The molecule has 2 aromatic rings. The topological polar surface area (TPSA) is 58.6 Å². The number of amides is 1. The zero-order valence-electron chi connectivity index (χ0n) is 12.3. The maximum Gasteiger partial charge on any atom is 0.258 e. The molecule has 1 atom stereocenters. The normalized spacial score (nSPS) is 11.8. The quantitative estimate of drug-likeness (QED) is 0.860. The first-order valence-electron chi connectivity index (χ1n) is 6.96. The molecule has 0 aliphatic heterocycles. The predicted octanol–water partition coefficient (Wildman–Crippen LogP) is 3.09. The molecule has 0 spiro atoms. The zero-order chi connectivity index (χ0) is 15.9. The number of carbonyl (C=O) groups is 1. The number of rotatable bonds is 6. The van der Waals surface area contributed by atoms with Crippen molar-refractivity contribution in [3.8, 4) is 5.75 Å². The molecular weight excluding hydrogens is 302 g/mol. The van der Waals surface area contributed by atoms with Crippen molar-refractivity contribution in [1.29, 1.82) is 0 Å². The lowest BCUT2D eigenvalue weighted by molar-refractivity contribution is -0.123. The van der Waals surface area contributed by atoms with Gasteiger partial charge in [0.05, 0.1) is 12.6 Å². The number of ether oxygens (including phenoxy) is 1. The molecule has 5 heteroatoms. The fourth-order valence-electron chi connectivity index (χ4n) is 1.96. The lowest BCUT2D eigenvalue weighted by Gasteiger charge is -2.15. The van der Waals surface area contributed by atoms with Crippen LogP contribution in [0.2, 0.25) is 5.02 Å². The molecule has 0 saturated heterocycles. The summed E-state index contributed by atoms with van der Waals surface area (Å²) in [6.07, 6.45) is 0. The molecule has 0 saturated carbocycles. The van der Waals surface area contributed by atoms with E-state index in [0.717, 1.165) is 11.1 Å². The highest BCUT2D eigenvalue weighted by molar-refractivity contribution is 6.30. The van der Waals surface area contributed by atoms with Crippen molar-refractivity contribution >= 4 is 17.5 Å². The van der Waals surface area contributed by atoms with E-state index in [0.29, 0.717) is 10.8 Å². The molecule has 22 heavy (non-hydrogen) atoms. The van der Waals surface area contributed by atoms with E-state index in [-0.39, 0.29) is 25.2 Å². The largest absolute Gasteiger partial charge is 0.484 e. The van der Waals surface area contributed by atoms with Crippen molar-refractivity contribution in [3.05, 3.63) is 64.7 Å². The van der Waals surface area contributed by atoms with E-state index in [1.807, 2.05) is 19.1 Å². The Morgan fingerprint density at radius 3 is 2.41 bits per heavy atom. The second-order valence-electron chi connectivity index (χ2n) is 4.93. The Labute approximate surface area is 134 Å². The summed E-state index contributed by atoms with van der Waals surface area (Å²) in [5.74, 6) is 0.389. The van der Waals surface area contributed by atoms with Crippen molar-refractivity contribution < 1.29 is 14.6 Å². The Morgan fingerprint density at radius 1 is 1.18 bits per heavy atom. The number of hydrogen-bond donors (Lipinski definition) is 2. The molecule has 0 radical (unpaired) electrons. The minimum absolute atomic E-state index is 0.0145. The molecule has 0 aliphatic carbocycles. The van der Waals surface area contributed by atoms with Crippen LogP contribution in [-0.4, -0.2) is 17.6 Å². The van der Waals surface area contributed by atoms with Crippen LogP contribution in [0.4, 0.5) is 0 Å². The Morgan fingerprint density at radius 2 is 1.82 bits per heavy atom. The summed E-state index contributed by atoms with van der Waals surface area (Å²) >= 11 is 5.84. The molecule has 2 aromatic carbocycles. The average molecular weight is 320 g/mol. The van der Waals surface area contributed by atoms with Gasteiger partial charge in [0.25, 0.3) is 5.91 Å². The molecule has 2 rings (SSSR count). The summed E-state index contributed by atoms with van der Waals surface area (Å²) < 4.78 is 5.41. The smallest absolute Gasteiger partial charge is 0.258 e. The lowest BCUT2D eigenvalue weighted by atomic mass is 10.1. The Kier molecular flexibility index (Phi) is 5.81. The van der Waals surface area contributed by atoms with Crippen molar-refractivity contribution in [3.63, 3.8) is 0 Å². The lowest BCUT2D eigenvalue weighted by Crippen LogP contribution is -2.31. The minimum atomic E-state index is -0.200. The van der Waals surface area contributed by atoms with Gasteiger partial charge in [-0.3, -0.25) is 4.79 Å². The second kappa shape index (κ2) is 7.82. The summed E-state index contributed by atoms with van der Waals surface area (Å²) in [6, 6.07) is 14.2. The monoisotopic (exact) mass is 319 g/mol. The van der Waals surface area contributed by atoms with Crippen LogP contribution < -0.4 is 10.1 Å². The number of benzene rings is 2. The van der Waals surface area contributed by atoms with Gasteiger partial charge in [-0.05, 0) is 42.3 Å². The summed E-state index contributed by atoms with van der Waals surface area (Å²) in [5.41, 5.74) is 1.78. The van der Waals surface area contributed by atoms with Gasteiger partial charge in [-0.1, -0.05) is 35.9 Å².